The van der Waals surface area contributed by atoms with Crippen LogP contribution in [0.25, 0.3) is 0 Å². The summed E-state index contributed by atoms with van der Waals surface area (Å²) in [6.45, 7) is 4.56. The minimum Gasteiger partial charge on any atom is -0.388 e. The molecule has 1 amide bonds. The summed E-state index contributed by atoms with van der Waals surface area (Å²) in [6.07, 6.45) is 0.980. The van der Waals surface area contributed by atoms with Crippen LogP contribution in [0.15, 0.2) is 24.3 Å². The molecule has 0 radical (unpaired) electrons. The van der Waals surface area contributed by atoms with Gasteiger partial charge in [-0.3, -0.25) is 4.79 Å². The molecular formula is C15H25N3O. The van der Waals surface area contributed by atoms with Crippen molar-refractivity contribution in [3.05, 3.63) is 29.8 Å². The number of benzene rings is 1. The molecule has 1 N–H and O–H groups in total. The van der Waals surface area contributed by atoms with E-state index < -0.39 is 0 Å². The SMILES string of the molecule is CCCN(CCN(C)C)C(=O)c1ccc(NC)cc1. The highest BCUT2D eigenvalue weighted by molar-refractivity contribution is 5.94. The minimum absolute atomic E-state index is 0.117. The van der Waals surface area contributed by atoms with Crippen molar-refractivity contribution < 1.29 is 4.79 Å². The van der Waals surface area contributed by atoms with Crippen LogP contribution in [0.5, 0.6) is 0 Å². The van der Waals surface area contributed by atoms with Crippen molar-refractivity contribution in [1.29, 1.82) is 0 Å². The number of nitrogens with zero attached hydrogens (tertiary/aromatic N) is 2. The summed E-state index contributed by atoms with van der Waals surface area (Å²) in [5, 5.41) is 3.06. The summed E-state index contributed by atoms with van der Waals surface area (Å²) in [5.74, 6) is 0.117. The van der Waals surface area contributed by atoms with Gasteiger partial charge in [-0.25, -0.2) is 0 Å². The second-order valence-corrected chi connectivity index (χ2v) is 4.92. The number of rotatable bonds is 7. The van der Waals surface area contributed by atoms with Crippen LogP contribution in [-0.4, -0.2) is 56.5 Å². The Kier molecular flexibility index (Phi) is 6.36. The number of anilines is 1. The van der Waals surface area contributed by atoms with Crippen LogP contribution in [0.3, 0.4) is 0 Å². The van der Waals surface area contributed by atoms with Crippen molar-refractivity contribution in [3.8, 4) is 0 Å². The van der Waals surface area contributed by atoms with Gasteiger partial charge in [0.25, 0.3) is 5.91 Å². The Balaban J connectivity index is 2.73. The number of hydrogen-bond acceptors (Lipinski definition) is 3. The van der Waals surface area contributed by atoms with Crippen molar-refractivity contribution >= 4 is 11.6 Å². The summed E-state index contributed by atoms with van der Waals surface area (Å²) in [4.78, 5) is 16.5. The number of carbonyl (C=O) groups is 1. The Labute approximate surface area is 116 Å². The van der Waals surface area contributed by atoms with E-state index in [2.05, 4.69) is 17.1 Å². The molecule has 0 bridgehead atoms. The predicted octanol–water partition coefficient (Wildman–Crippen LogP) is 2.14. The molecule has 106 valence electrons. The van der Waals surface area contributed by atoms with E-state index in [4.69, 9.17) is 0 Å². The van der Waals surface area contributed by atoms with E-state index in [1.807, 2.05) is 50.3 Å². The fourth-order valence-corrected chi connectivity index (χ4v) is 1.87. The monoisotopic (exact) mass is 263 g/mol. The lowest BCUT2D eigenvalue weighted by molar-refractivity contribution is 0.0745. The zero-order chi connectivity index (χ0) is 14.3. The van der Waals surface area contributed by atoms with Crippen LogP contribution < -0.4 is 5.32 Å². The topological polar surface area (TPSA) is 35.6 Å². The van der Waals surface area contributed by atoms with Crippen LogP contribution in [-0.2, 0) is 0 Å². The lowest BCUT2D eigenvalue weighted by Crippen LogP contribution is -2.37. The third kappa shape index (κ3) is 4.91. The Morgan fingerprint density at radius 2 is 1.74 bits per heavy atom. The van der Waals surface area contributed by atoms with Crippen molar-refractivity contribution in [2.24, 2.45) is 0 Å². The summed E-state index contributed by atoms with van der Waals surface area (Å²) in [6, 6.07) is 7.63. The van der Waals surface area contributed by atoms with Crippen LogP contribution in [0, 0.1) is 0 Å². The first-order chi connectivity index (χ1) is 9.08. The molecule has 0 spiro atoms. The van der Waals surface area contributed by atoms with Crippen LogP contribution >= 0.6 is 0 Å². The van der Waals surface area contributed by atoms with Gasteiger partial charge in [0.05, 0.1) is 0 Å². The maximum absolute atomic E-state index is 12.4. The highest BCUT2D eigenvalue weighted by Gasteiger charge is 2.14. The average molecular weight is 263 g/mol. The molecule has 0 fully saturated rings. The minimum atomic E-state index is 0.117. The van der Waals surface area contributed by atoms with E-state index >= 15 is 0 Å². The highest BCUT2D eigenvalue weighted by atomic mass is 16.2. The molecule has 0 saturated heterocycles. The lowest BCUT2D eigenvalue weighted by atomic mass is 10.1. The molecule has 1 aromatic carbocycles. The molecule has 0 saturated carbocycles. The van der Waals surface area contributed by atoms with Crippen molar-refractivity contribution in [1.82, 2.24) is 9.80 Å². The predicted molar refractivity (Wildman–Crippen MR) is 80.7 cm³/mol. The van der Waals surface area contributed by atoms with Gasteiger partial charge in [0.15, 0.2) is 0 Å². The molecule has 19 heavy (non-hydrogen) atoms. The van der Waals surface area contributed by atoms with Gasteiger partial charge in [-0.1, -0.05) is 6.92 Å². The molecule has 0 atom stereocenters. The molecule has 0 heterocycles. The largest absolute Gasteiger partial charge is 0.388 e. The zero-order valence-corrected chi connectivity index (χ0v) is 12.4. The number of hydrogen-bond donors (Lipinski definition) is 1. The number of carbonyl (C=O) groups excluding carboxylic acids is 1. The molecule has 1 rings (SSSR count). The van der Waals surface area contributed by atoms with E-state index in [1.54, 1.807) is 0 Å². The van der Waals surface area contributed by atoms with Crippen molar-refractivity contribution in [2.75, 3.05) is 46.1 Å². The molecule has 0 aromatic heterocycles. The standard InChI is InChI=1S/C15H25N3O/c1-5-10-18(12-11-17(3)4)15(19)13-6-8-14(16-2)9-7-13/h6-9,16H,5,10-12H2,1-4H3. The van der Waals surface area contributed by atoms with Crippen molar-refractivity contribution in [2.45, 2.75) is 13.3 Å². The maximum Gasteiger partial charge on any atom is 0.253 e. The third-order valence-corrected chi connectivity index (χ3v) is 3.02. The van der Waals surface area contributed by atoms with E-state index in [0.717, 1.165) is 37.3 Å². The van der Waals surface area contributed by atoms with Gasteiger partial charge in [-0.2, -0.15) is 0 Å². The quantitative estimate of drug-likeness (QED) is 0.818. The molecule has 4 nitrogen and oxygen atoms in total. The van der Waals surface area contributed by atoms with Crippen molar-refractivity contribution in [3.63, 3.8) is 0 Å². The molecular weight excluding hydrogens is 238 g/mol. The third-order valence-electron chi connectivity index (χ3n) is 3.02. The lowest BCUT2D eigenvalue weighted by Gasteiger charge is -2.24. The van der Waals surface area contributed by atoms with E-state index in [1.165, 1.54) is 0 Å². The second-order valence-electron chi connectivity index (χ2n) is 4.92. The summed E-state index contributed by atoms with van der Waals surface area (Å²) >= 11 is 0. The fraction of sp³-hybridized carbons (Fsp3) is 0.533. The number of nitrogens with one attached hydrogen (secondary N) is 1. The summed E-state index contributed by atoms with van der Waals surface area (Å²) in [5.41, 5.74) is 1.78. The number of amides is 1. The molecule has 4 heteroatoms. The summed E-state index contributed by atoms with van der Waals surface area (Å²) in [7, 11) is 5.92. The molecule has 1 aromatic rings. The van der Waals surface area contributed by atoms with E-state index in [9.17, 15) is 4.79 Å². The van der Waals surface area contributed by atoms with Gasteiger partial charge in [-0.15, -0.1) is 0 Å². The van der Waals surface area contributed by atoms with Gasteiger partial charge in [-0.05, 0) is 44.8 Å². The highest BCUT2D eigenvalue weighted by Crippen LogP contribution is 2.11. The normalized spacial score (nSPS) is 10.6. The first-order valence-corrected chi connectivity index (χ1v) is 6.80. The second kappa shape index (κ2) is 7.79. The zero-order valence-electron chi connectivity index (χ0n) is 12.4. The first-order valence-electron chi connectivity index (χ1n) is 6.80. The molecule has 0 aliphatic carbocycles. The van der Waals surface area contributed by atoms with Crippen LogP contribution in [0.2, 0.25) is 0 Å². The Morgan fingerprint density at radius 1 is 1.11 bits per heavy atom. The van der Waals surface area contributed by atoms with Crippen LogP contribution in [0.4, 0.5) is 5.69 Å². The molecule has 0 unspecified atom stereocenters. The average Bonchev–Trinajstić information content (AvgIpc) is 2.42. The van der Waals surface area contributed by atoms with E-state index in [0.29, 0.717) is 0 Å². The molecule has 0 aliphatic heterocycles. The Morgan fingerprint density at radius 3 is 2.21 bits per heavy atom. The summed E-state index contributed by atoms with van der Waals surface area (Å²) < 4.78 is 0. The fourth-order valence-electron chi connectivity index (χ4n) is 1.87. The number of likely N-dealkylation sites (N-methyl/N-ethyl adjacent to an activating group) is 1. The van der Waals surface area contributed by atoms with Crippen LogP contribution in [0.1, 0.15) is 23.7 Å². The first kappa shape index (κ1) is 15.5. The van der Waals surface area contributed by atoms with Gasteiger partial charge >= 0.3 is 0 Å². The maximum atomic E-state index is 12.4. The van der Waals surface area contributed by atoms with Gasteiger partial charge in [0, 0.05) is 37.9 Å². The Hall–Kier alpha value is -1.55. The smallest absolute Gasteiger partial charge is 0.253 e. The van der Waals surface area contributed by atoms with E-state index in [-0.39, 0.29) is 5.91 Å². The Bertz CT molecular complexity index is 387. The molecule has 0 aliphatic rings. The van der Waals surface area contributed by atoms with Gasteiger partial charge < -0.3 is 15.1 Å². The van der Waals surface area contributed by atoms with Gasteiger partial charge in [0.1, 0.15) is 0 Å². The van der Waals surface area contributed by atoms with Gasteiger partial charge in [0.2, 0.25) is 0 Å².